The van der Waals surface area contributed by atoms with Crippen LogP contribution in [0.5, 0.6) is 11.5 Å². The summed E-state index contributed by atoms with van der Waals surface area (Å²) in [5.41, 5.74) is 2.50. The van der Waals surface area contributed by atoms with Crippen LogP contribution >= 0.6 is 31.9 Å². The monoisotopic (exact) mass is 504 g/mol. The molecule has 9 heteroatoms. The van der Waals surface area contributed by atoms with Crippen molar-refractivity contribution in [1.82, 2.24) is 4.98 Å². The Bertz CT molecular complexity index is 1030. The van der Waals surface area contributed by atoms with Crippen molar-refractivity contribution in [3.8, 4) is 17.6 Å². The normalized spacial score (nSPS) is 10.3. The Morgan fingerprint density at radius 1 is 1.11 bits per heavy atom. The zero-order chi connectivity index (χ0) is 20.3. The Labute approximate surface area is 178 Å². The fourth-order valence-electron chi connectivity index (χ4n) is 2.43. The Kier molecular flexibility index (Phi) is 6.16. The van der Waals surface area contributed by atoms with Gasteiger partial charge in [0.2, 0.25) is 5.82 Å². The van der Waals surface area contributed by atoms with Crippen molar-refractivity contribution in [1.29, 1.82) is 5.26 Å². The van der Waals surface area contributed by atoms with Gasteiger partial charge in [-0.25, -0.2) is 4.98 Å². The average molecular weight is 506 g/mol. The van der Waals surface area contributed by atoms with Crippen molar-refractivity contribution in [3.05, 3.63) is 68.7 Å². The smallest absolute Gasteiger partial charge is 0.207 e. The van der Waals surface area contributed by atoms with Crippen LogP contribution in [0.25, 0.3) is 0 Å². The Balaban J connectivity index is 1.94. The van der Waals surface area contributed by atoms with E-state index in [-0.39, 0.29) is 11.0 Å². The van der Waals surface area contributed by atoms with Crippen molar-refractivity contribution < 1.29 is 15.2 Å². The third-order valence-electron chi connectivity index (χ3n) is 3.69. The summed E-state index contributed by atoms with van der Waals surface area (Å²) in [6.45, 7) is 1.96. The van der Waals surface area contributed by atoms with Crippen molar-refractivity contribution in [3.63, 3.8) is 0 Å². The van der Waals surface area contributed by atoms with Gasteiger partial charge >= 0.3 is 0 Å². The number of nitrogens with one attached hydrogen (secondary N) is 1. The quantitative estimate of drug-likeness (QED) is 0.370. The molecule has 3 aromatic rings. The fourth-order valence-corrected chi connectivity index (χ4v) is 4.01. The van der Waals surface area contributed by atoms with E-state index in [9.17, 15) is 10.4 Å². The summed E-state index contributed by atoms with van der Waals surface area (Å²) < 4.78 is 7.44. The molecule has 3 rings (SSSR count). The molecule has 0 spiro atoms. The molecule has 28 heavy (non-hydrogen) atoms. The maximum atomic E-state index is 9.45. The molecule has 0 bridgehead atoms. The minimum Gasteiger partial charge on any atom is -0.453 e. The van der Waals surface area contributed by atoms with E-state index in [1.807, 2.05) is 25.1 Å². The maximum Gasteiger partial charge on any atom is 0.207 e. The van der Waals surface area contributed by atoms with Crippen LogP contribution in [0.1, 0.15) is 11.1 Å². The highest BCUT2D eigenvalue weighted by Gasteiger charge is 2.14. The first-order valence-electron chi connectivity index (χ1n) is 7.96. The molecule has 0 radical (unpaired) electrons. The van der Waals surface area contributed by atoms with Crippen molar-refractivity contribution >= 4 is 49.1 Å². The molecule has 0 fully saturated rings. The number of halogens is 2. The number of hydrogen-bond donors (Lipinski definition) is 3. The molecule has 0 saturated carbocycles. The maximum absolute atomic E-state index is 9.45. The van der Waals surface area contributed by atoms with Crippen LogP contribution in [0.15, 0.2) is 57.6 Å². The van der Waals surface area contributed by atoms with Crippen molar-refractivity contribution in [2.45, 2.75) is 6.92 Å². The van der Waals surface area contributed by atoms with Crippen LogP contribution < -0.4 is 15.3 Å². The lowest BCUT2D eigenvalue weighted by atomic mass is 10.2. The summed E-state index contributed by atoms with van der Waals surface area (Å²) in [6.07, 6.45) is 1.37. The highest BCUT2D eigenvalue weighted by Crippen LogP contribution is 2.39. The molecule has 0 aliphatic carbocycles. The van der Waals surface area contributed by atoms with Crippen LogP contribution in [0.4, 0.5) is 17.2 Å². The molecule has 142 valence electrons. The highest BCUT2D eigenvalue weighted by atomic mass is 79.9. The molecule has 0 aliphatic heterocycles. The van der Waals surface area contributed by atoms with Gasteiger partial charge in [0.25, 0.3) is 0 Å². The second-order valence-electron chi connectivity index (χ2n) is 5.81. The first kappa shape index (κ1) is 20.1. The molecular formula is C19H14Br2N4O3. The third kappa shape index (κ3) is 4.61. The number of benzene rings is 2. The lowest BCUT2D eigenvalue weighted by Gasteiger charge is -2.16. The topological polar surface area (TPSA) is 102 Å². The van der Waals surface area contributed by atoms with E-state index < -0.39 is 0 Å². The van der Waals surface area contributed by atoms with Gasteiger partial charge in [0.1, 0.15) is 5.75 Å². The van der Waals surface area contributed by atoms with Crippen LogP contribution in [-0.2, 0) is 0 Å². The molecule has 0 amide bonds. The molecule has 1 heterocycles. The molecule has 2 aromatic carbocycles. The van der Waals surface area contributed by atoms with Crippen LogP contribution in [0.2, 0.25) is 0 Å². The number of ether oxygens (including phenoxy) is 1. The number of aromatic nitrogens is 1. The van der Waals surface area contributed by atoms with Crippen LogP contribution in [0.3, 0.4) is 0 Å². The predicted octanol–water partition coefficient (Wildman–Crippen LogP) is 5.91. The minimum atomic E-state index is -0.112. The third-order valence-corrected chi connectivity index (χ3v) is 4.86. The van der Waals surface area contributed by atoms with Crippen LogP contribution in [-0.4, -0.2) is 15.4 Å². The van der Waals surface area contributed by atoms with Gasteiger partial charge in [0, 0.05) is 11.8 Å². The molecule has 1 aromatic heterocycles. The standard InChI is InChI=1S/C19H14Br2N4O3/c1-11-6-15(20)18(16(21)7-11)28-14-8-17(19(23-10-14)25(26)27)24-13-4-2-12(9-22)3-5-13/h2-8,10,24,26-27H,1H3. The van der Waals surface area contributed by atoms with Crippen LogP contribution in [0, 0.1) is 18.3 Å². The summed E-state index contributed by atoms with van der Waals surface area (Å²) in [7, 11) is 0. The van der Waals surface area contributed by atoms with Gasteiger partial charge in [-0.1, -0.05) is 0 Å². The van der Waals surface area contributed by atoms with E-state index in [4.69, 9.17) is 10.00 Å². The molecule has 0 unspecified atom stereocenters. The highest BCUT2D eigenvalue weighted by molar-refractivity contribution is 9.11. The van der Waals surface area contributed by atoms with Gasteiger partial charge in [-0.2, -0.15) is 5.26 Å². The lowest BCUT2D eigenvalue weighted by molar-refractivity contribution is 0.0272. The number of nitriles is 1. The van der Waals surface area contributed by atoms with Gasteiger partial charge in [0.05, 0.1) is 32.5 Å². The number of rotatable bonds is 5. The van der Waals surface area contributed by atoms with E-state index >= 15 is 0 Å². The Morgan fingerprint density at radius 2 is 1.75 bits per heavy atom. The molecule has 0 atom stereocenters. The van der Waals surface area contributed by atoms with Crippen molar-refractivity contribution in [2.24, 2.45) is 0 Å². The first-order chi connectivity index (χ1) is 13.4. The Morgan fingerprint density at radius 3 is 2.32 bits per heavy atom. The van der Waals surface area contributed by atoms with E-state index in [2.05, 4.69) is 42.2 Å². The minimum absolute atomic E-state index is 0.0759. The lowest BCUT2D eigenvalue weighted by Crippen LogP contribution is -2.14. The second kappa shape index (κ2) is 8.58. The van der Waals surface area contributed by atoms with Gasteiger partial charge < -0.3 is 10.1 Å². The molecule has 0 aliphatic rings. The summed E-state index contributed by atoms with van der Waals surface area (Å²) in [4.78, 5) is 4.04. The predicted molar refractivity (Wildman–Crippen MR) is 111 cm³/mol. The summed E-state index contributed by atoms with van der Waals surface area (Å²) in [6, 6.07) is 14.1. The largest absolute Gasteiger partial charge is 0.453 e. The zero-order valence-corrected chi connectivity index (χ0v) is 17.7. The number of nitrogens with zero attached hydrogens (tertiary/aromatic N) is 3. The summed E-state index contributed by atoms with van der Waals surface area (Å²) >= 11 is 6.95. The van der Waals surface area contributed by atoms with Gasteiger partial charge in [0.15, 0.2) is 5.75 Å². The number of pyridine rings is 1. The zero-order valence-electron chi connectivity index (χ0n) is 14.5. The SMILES string of the molecule is Cc1cc(Br)c(Oc2cnc(N(O)O)c(Nc3ccc(C#N)cc3)c2)c(Br)c1. The number of anilines is 3. The summed E-state index contributed by atoms with van der Waals surface area (Å²) in [5, 5.41) is 30.8. The molecule has 7 nitrogen and oxygen atoms in total. The average Bonchev–Trinajstić information content (AvgIpc) is 2.65. The van der Waals surface area contributed by atoms with E-state index in [1.54, 1.807) is 30.3 Å². The molecular weight excluding hydrogens is 492 g/mol. The summed E-state index contributed by atoms with van der Waals surface area (Å²) in [5.74, 6) is 0.833. The first-order valence-corrected chi connectivity index (χ1v) is 9.54. The Hall–Kier alpha value is -2.64. The van der Waals surface area contributed by atoms with Gasteiger partial charge in [-0.05, 0) is 80.7 Å². The molecule has 0 saturated heterocycles. The number of hydrogen-bond acceptors (Lipinski definition) is 7. The fraction of sp³-hybridized carbons (Fsp3) is 0.0526. The second-order valence-corrected chi connectivity index (χ2v) is 7.51. The molecule has 3 N–H and O–H groups in total. The van der Waals surface area contributed by atoms with E-state index in [0.29, 0.717) is 28.4 Å². The van der Waals surface area contributed by atoms with Gasteiger partial charge in [-0.3, -0.25) is 10.4 Å². The van der Waals surface area contributed by atoms with Gasteiger partial charge in [-0.15, -0.1) is 5.23 Å². The van der Waals surface area contributed by atoms with E-state index in [1.165, 1.54) is 6.20 Å². The van der Waals surface area contributed by atoms with E-state index in [0.717, 1.165) is 14.5 Å². The van der Waals surface area contributed by atoms with Crippen molar-refractivity contribution in [2.75, 3.05) is 10.5 Å². The number of aryl methyl sites for hydroxylation is 1.